The first-order valence-electron chi connectivity index (χ1n) is 10.3. The summed E-state index contributed by atoms with van der Waals surface area (Å²) in [5.41, 5.74) is 3.52. The minimum atomic E-state index is -0.106. The monoisotopic (exact) mass is 405 g/mol. The quantitative estimate of drug-likeness (QED) is 0.558. The first-order chi connectivity index (χ1) is 14.3. The van der Waals surface area contributed by atoms with E-state index < -0.39 is 0 Å². The second-order valence-corrected chi connectivity index (χ2v) is 9.23. The van der Waals surface area contributed by atoms with Gasteiger partial charge >= 0.3 is 0 Å². The van der Waals surface area contributed by atoms with Gasteiger partial charge in [0.25, 0.3) is 0 Å². The number of hydrogen-bond donors (Lipinski definition) is 1. The highest BCUT2D eigenvalue weighted by atomic mass is 15.4. The Kier molecular flexibility index (Phi) is 4.16. The van der Waals surface area contributed by atoms with Crippen LogP contribution in [-0.4, -0.2) is 54.0 Å². The minimum absolute atomic E-state index is 0.106. The Morgan fingerprint density at radius 2 is 1.77 bits per heavy atom. The number of aromatic nitrogens is 7. The Hall–Kier alpha value is -3.23. The van der Waals surface area contributed by atoms with E-state index in [2.05, 4.69) is 51.3 Å². The molecule has 5 rings (SSSR count). The largest absolute Gasteiger partial charge is 0.369 e. The van der Waals surface area contributed by atoms with Crippen LogP contribution in [0.5, 0.6) is 0 Å². The maximum Gasteiger partial charge on any atom is 0.178 e. The normalized spacial score (nSPS) is 15.2. The van der Waals surface area contributed by atoms with Gasteiger partial charge in [0.15, 0.2) is 17.1 Å². The van der Waals surface area contributed by atoms with Gasteiger partial charge in [-0.1, -0.05) is 20.8 Å². The lowest BCUT2D eigenvalue weighted by molar-refractivity contribution is 0.423. The van der Waals surface area contributed by atoms with Gasteiger partial charge in [0, 0.05) is 48.8 Å². The zero-order valence-corrected chi connectivity index (χ0v) is 18.1. The molecule has 0 atom stereocenters. The van der Waals surface area contributed by atoms with Gasteiger partial charge in [-0.05, 0) is 26.0 Å². The average molecular weight is 406 g/mol. The van der Waals surface area contributed by atoms with Crippen molar-refractivity contribution in [3.63, 3.8) is 0 Å². The third kappa shape index (κ3) is 3.24. The SMILES string of the molecule is Cc1cc(NCC2CN(c3ccc4nnc(C(C)(C)C)n4n3)C2)n2nc(C)cc2n1. The van der Waals surface area contributed by atoms with Gasteiger partial charge in [0.05, 0.1) is 5.69 Å². The van der Waals surface area contributed by atoms with Crippen LogP contribution in [0.3, 0.4) is 0 Å². The summed E-state index contributed by atoms with van der Waals surface area (Å²) < 4.78 is 3.76. The molecule has 1 N–H and O–H groups in total. The van der Waals surface area contributed by atoms with E-state index >= 15 is 0 Å². The summed E-state index contributed by atoms with van der Waals surface area (Å²) in [6.45, 7) is 13.2. The molecule has 1 saturated heterocycles. The summed E-state index contributed by atoms with van der Waals surface area (Å²) >= 11 is 0. The van der Waals surface area contributed by atoms with Crippen molar-refractivity contribution in [2.75, 3.05) is 29.9 Å². The molecule has 4 aromatic rings. The Morgan fingerprint density at radius 3 is 2.53 bits per heavy atom. The molecule has 0 unspecified atom stereocenters. The van der Waals surface area contributed by atoms with E-state index in [1.54, 1.807) is 0 Å². The summed E-state index contributed by atoms with van der Waals surface area (Å²) in [7, 11) is 0. The molecule has 9 heteroatoms. The predicted octanol–water partition coefficient (Wildman–Crippen LogP) is 2.63. The molecular weight excluding hydrogens is 378 g/mol. The summed E-state index contributed by atoms with van der Waals surface area (Å²) in [5, 5.41) is 21.5. The molecule has 0 aromatic carbocycles. The van der Waals surface area contributed by atoms with Crippen LogP contribution >= 0.6 is 0 Å². The van der Waals surface area contributed by atoms with Crippen molar-refractivity contribution in [2.45, 2.75) is 40.0 Å². The van der Waals surface area contributed by atoms with Crippen molar-refractivity contribution in [1.82, 2.24) is 34.4 Å². The van der Waals surface area contributed by atoms with Crippen molar-refractivity contribution in [3.8, 4) is 0 Å². The molecule has 156 valence electrons. The highest BCUT2D eigenvalue weighted by molar-refractivity contribution is 5.51. The smallest absolute Gasteiger partial charge is 0.178 e. The van der Waals surface area contributed by atoms with Gasteiger partial charge in [-0.3, -0.25) is 0 Å². The number of aryl methyl sites for hydroxylation is 2. The zero-order chi connectivity index (χ0) is 21.0. The molecular formula is C21H27N9. The van der Waals surface area contributed by atoms with Crippen LogP contribution in [0, 0.1) is 19.8 Å². The number of nitrogens with zero attached hydrogens (tertiary/aromatic N) is 8. The van der Waals surface area contributed by atoms with E-state index in [9.17, 15) is 0 Å². The summed E-state index contributed by atoms with van der Waals surface area (Å²) in [6, 6.07) is 8.07. The lowest BCUT2D eigenvalue weighted by Gasteiger charge is -2.40. The highest BCUT2D eigenvalue weighted by Crippen LogP contribution is 2.26. The maximum atomic E-state index is 4.81. The van der Waals surface area contributed by atoms with Gasteiger partial charge in [-0.25, -0.2) is 4.98 Å². The van der Waals surface area contributed by atoms with Crippen molar-refractivity contribution < 1.29 is 0 Å². The summed E-state index contributed by atoms with van der Waals surface area (Å²) in [5.74, 6) is 3.38. The number of fused-ring (bicyclic) bond motifs is 2. The number of nitrogens with one attached hydrogen (secondary N) is 1. The molecule has 0 amide bonds. The fourth-order valence-corrected chi connectivity index (χ4v) is 3.89. The van der Waals surface area contributed by atoms with E-state index in [4.69, 9.17) is 5.10 Å². The van der Waals surface area contributed by atoms with Crippen molar-refractivity contribution in [1.29, 1.82) is 0 Å². The topological polar surface area (TPSA) is 88.5 Å². The van der Waals surface area contributed by atoms with Gasteiger partial charge in [-0.2, -0.15) is 14.1 Å². The number of rotatable bonds is 4. The van der Waals surface area contributed by atoms with Crippen LogP contribution in [0.2, 0.25) is 0 Å². The second-order valence-electron chi connectivity index (χ2n) is 9.23. The molecule has 9 nitrogen and oxygen atoms in total. The molecule has 0 bridgehead atoms. The van der Waals surface area contributed by atoms with Crippen LogP contribution < -0.4 is 10.2 Å². The van der Waals surface area contributed by atoms with Crippen molar-refractivity contribution in [2.24, 2.45) is 5.92 Å². The lowest BCUT2D eigenvalue weighted by atomic mass is 9.96. The molecule has 0 saturated carbocycles. The Labute approximate surface area is 175 Å². The van der Waals surface area contributed by atoms with Crippen molar-refractivity contribution >= 4 is 22.9 Å². The molecule has 0 radical (unpaired) electrons. The fraction of sp³-hybridized carbons (Fsp3) is 0.476. The van der Waals surface area contributed by atoms with Gasteiger partial charge in [0.2, 0.25) is 0 Å². The molecule has 5 heterocycles. The third-order valence-electron chi connectivity index (χ3n) is 5.45. The third-order valence-corrected chi connectivity index (χ3v) is 5.45. The Morgan fingerprint density at radius 1 is 0.967 bits per heavy atom. The average Bonchev–Trinajstić information content (AvgIpc) is 3.22. The Balaban J connectivity index is 1.27. The first-order valence-corrected chi connectivity index (χ1v) is 10.3. The standard InChI is InChI=1S/C21H27N9/c1-13-8-18(29-19(23-13)9-14(2)26-29)22-10-15-11-28(12-15)17-7-6-16-24-25-20(21(3,4)5)30(16)27-17/h6-9,15,22H,10-12H2,1-5H3. The van der Waals surface area contributed by atoms with E-state index in [1.165, 1.54) is 0 Å². The van der Waals surface area contributed by atoms with E-state index in [-0.39, 0.29) is 5.41 Å². The number of hydrogen-bond acceptors (Lipinski definition) is 7. The van der Waals surface area contributed by atoms with E-state index in [1.807, 2.05) is 47.1 Å². The summed E-state index contributed by atoms with van der Waals surface area (Å²) in [4.78, 5) is 6.84. The van der Waals surface area contributed by atoms with Crippen LogP contribution in [0.15, 0.2) is 24.3 Å². The second kappa shape index (κ2) is 6.65. The van der Waals surface area contributed by atoms with E-state index in [0.717, 1.165) is 59.8 Å². The predicted molar refractivity (Wildman–Crippen MR) is 116 cm³/mol. The molecule has 0 aliphatic carbocycles. The zero-order valence-electron chi connectivity index (χ0n) is 18.1. The Bertz CT molecular complexity index is 1220. The highest BCUT2D eigenvalue weighted by Gasteiger charge is 2.29. The number of anilines is 2. The first kappa shape index (κ1) is 18.8. The van der Waals surface area contributed by atoms with Crippen LogP contribution in [0.1, 0.15) is 38.0 Å². The van der Waals surface area contributed by atoms with Gasteiger partial charge in [0.1, 0.15) is 11.6 Å². The maximum absolute atomic E-state index is 4.81. The fourth-order valence-electron chi connectivity index (χ4n) is 3.89. The molecule has 30 heavy (non-hydrogen) atoms. The van der Waals surface area contributed by atoms with Gasteiger partial charge in [-0.15, -0.1) is 15.3 Å². The molecule has 4 aromatic heterocycles. The molecule has 1 aliphatic rings. The van der Waals surface area contributed by atoms with E-state index in [0.29, 0.717) is 5.92 Å². The van der Waals surface area contributed by atoms with Crippen LogP contribution in [0.25, 0.3) is 11.3 Å². The van der Waals surface area contributed by atoms with Crippen molar-refractivity contribution in [3.05, 3.63) is 41.5 Å². The lowest BCUT2D eigenvalue weighted by Crippen LogP contribution is -2.50. The minimum Gasteiger partial charge on any atom is -0.369 e. The van der Waals surface area contributed by atoms with Gasteiger partial charge < -0.3 is 10.2 Å². The van der Waals surface area contributed by atoms with Crippen LogP contribution in [-0.2, 0) is 5.41 Å². The summed E-state index contributed by atoms with van der Waals surface area (Å²) in [6.07, 6.45) is 0. The molecule has 0 spiro atoms. The molecule has 1 aliphatic heterocycles. The molecule has 1 fully saturated rings. The van der Waals surface area contributed by atoms with Crippen LogP contribution in [0.4, 0.5) is 11.6 Å².